The zero-order chi connectivity index (χ0) is 19.4. The molecule has 3 aromatic rings. The Kier molecular flexibility index (Phi) is 6.81. The summed E-state index contributed by atoms with van der Waals surface area (Å²) in [6.07, 6.45) is 1.00. The Hall–Kier alpha value is -1.54. The van der Waals surface area contributed by atoms with Gasteiger partial charge in [0.25, 0.3) is 0 Å². The maximum absolute atomic E-state index is 12.3. The van der Waals surface area contributed by atoms with Crippen molar-refractivity contribution in [3.05, 3.63) is 44.6 Å². The first-order valence-electron chi connectivity index (χ1n) is 8.39. The van der Waals surface area contributed by atoms with Crippen molar-refractivity contribution in [2.75, 3.05) is 11.1 Å². The molecule has 0 radical (unpaired) electrons. The van der Waals surface area contributed by atoms with Gasteiger partial charge in [0.1, 0.15) is 0 Å². The normalized spacial score (nSPS) is 11.0. The number of aromatic nitrogens is 3. The largest absolute Gasteiger partial charge is 0.325 e. The lowest BCUT2D eigenvalue weighted by molar-refractivity contribution is -0.113. The minimum absolute atomic E-state index is 0.158. The van der Waals surface area contributed by atoms with E-state index in [0.29, 0.717) is 15.7 Å². The van der Waals surface area contributed by atoms with Gasteiger partial charge in [0, 0.05) is 38.1 Å². The van der Waals surface area contributed by atoms with Crippen LogP contribution in [0.1, 0.15) is 18.7 Å². The van der Waals surface area contributed by atoms with Crippen LogP contribution >= 0.6 is 46.3 Å². The summed E-state index contributed by atoms with van der Waals surface area (Å²) in [6.45, 7) is 4.90. The van der Waals surface area contributed by atoms with E-state index in [4.69, 9.17) is 23.2 Å². The summed E-state index contributed by atoms with van der Waals surface area (Å²) < 4.78 is 2.02. The molecule has 1 amide bonds. The Bertz CT molecular complexity index is 934. The van der Waals surface area contributed by atoms with Crippen LogP contribution < -0.4 is 5.32 Å². The molecule has 27 heavy (non-hydrogen) atoms. The van der Waals surface area contributed by atoms with Gasteiger partial charge in [-0.3, -0.25) is 4.79 Å². The van der Waals surface area contributed by atoms with Gasteiger partial charge in [-0.1, -0.05) is 41.9 Å². The number of thiophene rings is 1. The highest BCUT2D eigenvalue weighted by Crippen LogP contribution is 2.28. The number of carbonyl (C=O) groups excluding carboxylic acids is 1. The molecule has 1 N–H and O–H groups in total. The van der Waals surface area contributed by atoms with E-state index in [2.05, 4.69) is 33.9 Å². The zero-order valence-electron chi connectivity index (χ0n) is 14.8. The third-order valence-electron chi connectivity index (χ3n) is 3.77. The highest BCUT2D eigenvalue weighted by Gasteiger charge is 2.16. The average Bonchev–Trinajstić information content (AvgIpc) is 3.25. The highest BCUT2D eigenvalue weighted by molar-refractivity contribution is 7.99. The van der Waals surface area contributed by atoms with Crippen LogP contribution in [0.3, 0.4) is 0 Å². The summed E-state index contributed by atoms with van der Waals surface area (Å²) in [7, 11) is 0. The molecule has 2 aromatic heterocycles. The van der Waals surface area contributed by atoms with Gasteiger partial charge in [-0.05, 0) is 37.6 Å². The first-order chi connectivity index (χ1) is 13.0. The number of benzene rings is 1. The molecule has 0 bridgehead atoms. The zero-order valence-corrected chi connectivity index (χ0v) is 18.0. The second-order valence-electron chi connectivity index (χ2n) is 5.70. The van der Waals surface area contributed by atoms with E-state index in [0.717, 1.165) is 29.5 Å². The fourth-order valence-corrected chi connectivity index (χ4v) is 4.67. The van der Waals surface area contributed by atoms with Crippen LogP contribution in [0.2, 0.25) is 10.0 Å². The van der Waals surface area contributed by atoms with Crippen molar-refractivity contribution in [1.82, 2.24) is 14.8 Å². The Labute approximate surface area is 176 Å². The van der Waals surface area contributed by atoms with Crippen LogP contribution in [0.25, 0.3) is 11.4 Å². The summed E-state index contributed by atoms with van der Waals surface area (Å²) in [5.74, 6) is 0.888. The summed E-state index contributed by atoms with van der Waals surface area (Å²) in [5, 5.41) is 15.1. The summed E-state index contributed by atoms with van der Waals surface area (Å²) in [6, 6.07) is 7.08. The number of nitrogens with one attached hydrogen (secondary N) is 1. The van der Waals surface area contributed by atoms with E-state index in [1.807, 2.05) is 11.5 Å². The predicted molar refractivity (Wildman–Crippen MR) is 114 cm³/mol. The Morgan fingerprint density at radius 1 is 1.19 bits per heavy atom. The molecule has 0 atom stereocenters. The molecule has 0 unspecified atom stereocenters. The molecule has 9 heteroatoms. The van der Waals surface area contributed by atoms with Crippen molar-refractivity contribution in [2.24, 2.45) is 0 Å². The van der Waals surface area contributed by atoms with Crippen LogP contribution in [0.15, 0.2) is 34.8 Å². The summed E-state index contributed by atoms with van der Waals surface area (Å²) >= 11 is 15.0. The van der Waals surface area contributed by atoms with E-state index in [1.54, 1.807) is 29.5 Å². The van der Waals surface area contributed by atoms with E-state index in [9.17, 15) is 4.79 Å². The van der Waals surface area contributed by atoms with Crippen molar-refractivity contribution in [1.29, 1.82) is 0 Å². The number of hydrogen-bond donors (Lipinski definition) is 1. The van der Waals surface area contributed by atoms with Crippen molar-refractivity contribution in [3.63, 3.8) is 0 Å². The van der Waals surface area contributed by atoms with Crippen LogP contribution in [0, 0.1) is 0 Å². The minimum Gasteiger partial charge on any atom is -0.325 e. The molecule has 0 saturated carbocycles. The number of hydrogen-bond acceptors (Lipinski definition) is 5. The third-order valence-corrected chi connectivity index (χ3v) is 6.26. The Morgan fingerprint density at radius 2 is 1.93 bits per heavy atom. The number of aryl methyl sites for hydroxylation is 1. The molecule has 0 fully saturated rings. The standard InChI is InChI=1S/C18H18Cl2N4OS2/c1-3-15-5-11(9-26-15)17-22-23-18(24(17)4-2)27-10-16(25)21-14-7-12(19)6-13(20)8-14/h5-9H,3-4,10H2,1-2H3,(H,21,25). The van der Waals surface area contributed by atoms with Gasteiger partial charge in [-0.25, -0.2) is 0 Å². The van der Waals surface area contributed by atoms with Crippen LogP contribution in [0.5, 0.6) is 0 Å². The molecule has 0 aliphatic heterocycles. The van der Waals surface area contributed by atoms with Gasteiger partial charge in [0.2, 0.25) is 5.91 Å². The van der Waals surface area contributed by atoms with Crippen LogP contribution in [-0.2, 0) is 17.8 Å². The smallest absolute Gasteiger partial charge is 0.234 e. The SMILES string of the molecule is CCc1cc(-c2nnc(SCC(=O)Nc3cc(Cl)cc(Cl)c3)n2CC)cs1. The number of thioether (sulfide) groups is 1. The second kappa shape index (κ2) is 9.10. The Morgan fingerprint density at radius 3 is 2.56 bits per heavy atom. The fraction of sp³-hybridized carbons (Fsp3) is 0.278. The van der Waals surface area contributed by atoms with Crippen molar-refractivity contribution >= 4 is 57.9 Å². The van der Waals surface area contributed by atoms with Crippen molar-refractivity contribution in [3.8, 4) is 11.4 Å². The molecule has 0 aliphatic carbocycles. The molecule has 2 heterocycles. The first-order valence-corrected chi connectivity index (χ1v) is 11.0. The van der Waals surface area contributed by atoms with Crippen LogP contribution in [-0.4, -0.2) is 26.4 Å². The quantitative estimate of drug-likeness (QED) is 0.483. The summed E-state index contributed by atoms with van der Waals surface area (Å²) in [4.78, 5) is 13.6. The maximum atomic E-state index is 12.3. The predicted octanol–water partition coefficient (Wildman–Crippen LogP) is 5.63. The van der Waals surface area contributed by atoms with Crippen LogP contribution in [0.4, 0.5) is 5.69 Å². The maximum Gasteiger partial charge on any atom is 0.234 e. The van der Waals surface area contributed by atoms with Gasteiger partial charge in [0.05, 0.1) is 5.75 Å². The lowest BCUT2D eigenvalue weighted by Crippen LogP contribution is -2.14. The first kappa shape index (κ1) is 20.2. The monoisotopic (exact) mass is 440 g/mol. The number of carbonyl (C=O) groups is 1. The van der Waals surface area contributed by atoms with Gasteiger partial charge < -0.3 is 9.88 Å². The minimum atomic E-state index is -0.158. The topological polar surface area (TPSA) is 59.8 Å². The fourth-order valence-electron chi connectivity index (χ4n) is 2.53. The third kappa shape index (κ3) is 5.04. The highest BCUT2D eigenvalue weighted by atomic mass is 35.5. The molecule has 0 spiro atoms. The number of anilines is 1. The Balaban J connectivity index is 1.68. The van der Waals surface area contributed by atoms with Gasteiger partial charge in [0.15, 0.2) is 11.0 Å². The van der Waals surface area contributed by atoms with E-state index < -0.39 is 0 Å². The van der Waals surface area contributed by atoms with E-state index >= 15 is 0 Å². The summed E-state index contributed by atoms with van der Waals surface area (Å²) in [5.41, 5.74) is 1.64. The number of halogens is 2. The molecule has 142 valence electrons. The average molecular weight is 441 g/mol. The second-order valence-corrected chi connectivity index (χ2v) is 8.51. The van der Waals surface area contributed by atoms with Gasteiger partial charge >= 0.3 is 0 Å². The number of rotatable bonds is 7. The molecule has 5 nitrogen and oxygen atoms in total. The molecule has 3 rings (SSSR count). The molecule has 0 aliphatic rings. The van der Waals surface area contributed by atoms with Gasteiger partial charge in [-0.15, -0.1) is 21.5 Å². The van der Waals surface area contributed by atoms with E-state index in [1.165, 1.54) is 16.6 Å². The van der Waals surface area contributed by atoms with Crippen molar-refractivity contribution in [2.45, 2.75) is 32.0 Å². The van der Waals surface area contributed by atoms with Crippen molar-refractivity contribution < 1.29 is 4.79 Å². The molecular weight excluding hydrogens is 423 g/mol. The number of nitrogens with zero attached hydrogens (tertiary/aromatic N) is 3. The van der Waals surface area contributed by atoms with Gasteiger partial charge in [-0.2, -0.15) is 0 Å². The lowest BCUT2D eigenvalue weighted by atomic mass is 10.2. The molecule has 0 saturated heterocycles. The lowest BCUT2D eigenvalue weighted by Gasteiger charge is -2.08. The van der Waals surface area contributed by atoms with E-state index in [-0.39, 0.29) is 11.7 Å². The number of amides is 1. The molecule has 1 aromatic carbocycles. The molecular formula is C18H18Cl2N4OS2.